The average Bonchev–Trinajstić information content (AvgIpc) is 3.03. The van der Waals surface area contributed by atoms with E-state index in [2.05, 4.69) is 3.77 Å². The molecule has 164 valence electrons. The van der Waals surface area contributed by atoms with Gasteiger partial charge in [0.25, 0.3) is 10.0 Å². The van der Waals surface area contributed by atoms with Gasteiger partial charge in [-0.05, 0) is 44.0 Å². The Hall–Kier alpha value is -2.71. The minimum Gasteiger partial charge on any atom is -0.468 e. The van der Waals surface area contributed by atoms with Crippen LogP contribution < -0.4 is 0 Å². The van der Waals surface area contributed by atoms with Gasteiger partial charge < -0.3 is 4.74 Å². The summed E-state index contributed by atoms with van der Waals surface area (Å²) in [7, 11) is -6.88. The number of nitrogens with zero attached hydrogens (tertiary/aromatic N) is 1. The van der Waals surface area contributed by atoms with E-state index in [1.54, 1.807) is 42.5 Å². The summed E-state index contributed by atoms with van der Waals surface area (Å²) in [5, 5.41) is -1.28. The van der Waals surface area contributed by atoms with E-state index in [-0.39, 0.29) is 9.79 Å². The highest BCUT2D eigenvalue weighted by atomic mass is 32.3. The van der Waals surface area contributed by atoms with Gasteiger partial charge in [0.2, 0.25) is 0 Å². The molecular weight excluding hydrogens is 434 g/mol. The normalized spacial score (nSPS) is 19.1. The minimum atomic E-state index is -4.32. The Balaban J connectivity index is 2.27. The molecule has 0 bridgehead atoms. The number of hydrogen-bond acceptors (Lipinski definition) is 5. The fraction of sp³-hybridized carbons (Fsp3) is 0.261. The lowest BCUT2D eigenvalue weighted by molar-refractivity contribution is -0.140. The van der Waals surface area contributed by atoms with E-state index in [9.17, 15) is 17.4 Å². The van der Waals surface area contributed by atoms with Crippen LogP contribution in [0.2, 0.25) is 0 Å². The summed E-state index contributed by atoms with van der Waals surface area (Å²) in [5.41, 5.74) is 0.881. The van der Waals surface area contributed by atoms with Gasteiger partial charge in [-0.15, -0.1) is 3.77 Å². The molecule has 0 aromatic heterocycles. The summed E-state index contributed by atoms with van der Waals surface area (Å²) in [6.45, 7) is 1.83. The molecule has 0 aliphatic heterocycles. The summed E-state index contributed by atoms with van der Waals surface area (Å²) in [5.74, 6) is -1.26. The van der Waals surface area contributed by atoms with Crippen molar-refractivity contribution >= 4 is 25.7 Å². The van der Waals surface area contributed by atoms with Crippen LogP contribution in [-0.4, -0.2) is 31.0 Å². The SMILES string of the molecule is COC(=O)C([C@H]1C=CC=CCC1)[S@@](=O)(=NS(=O)(=O)c1ccc(C)cc1)c1ccccc1. The maximum absolute atomic E-state index is 14.5. The Bertz CT molecular complexity index is 1210. The van der Waals surface area contributed by atoms with E-state index in [1.165, 1.54) is 31.4 Å². The highest BCUT2D eigenvalue weighted by Gasteiger charge is 2.40. The molecule has 8 heteroatoms. The lowest BCUT2D eigenvalue weighted by Crippen LogP contribution is -2.38. The summed E-state index contributed by atoms with van der Waals surface area (Å²) in [4.78, 5) is 13.0. The van der Waals surface area contributed by atoms with Crippen molar-refractivity contribution in [3.8, 4) is 0 Å². The first-order valence-electron chi connectivity index (χ1n) is 9.83. The van der Waals surface area contributed by atoms with E-state index in [1.807, 2.05) is 19.1 Å². The number of aryl methyl sites for hydroxylation is 1. The highest BCUT2D eigenvalue weighted by molar-refractivity contribution is 8.04. The molecule has 0 fully saturated rings. The second kappa shape index (κ2) is 9.62. The maximum atomic E-state index is 14.5. The van der Waals surface area contributed by atoms with E-state index in [0.29, 0.717) is 12.8 Å². The molecule has 1 unspecified atom stereocenters. The second-order valence-electron chi connectivity index (χ2n) is 7.24. The van der Waals surface area contributed by atoms with Crippen LogP contribution in [0.5, 0.6) is 0 Å². The predicted octanol–water partition coefficient (Wildman–Crippen LogP) is 4.27. The molecule has 0 amide bonds. The monoisotopic (exact) mass is 459 g/mol. The number of benzene rings is 2. The Labute approximate surface area is 183 Å². The molecule has 0 heterocycles. The number of ether oxygens (including phenoxy) is 1. The number of esters is 1. The third-order valence-corrected chi connectivity index (χ3v) is 9.76. The van der Waals surface area contributed by atoms with Gasteiger partial charge in [0, 0.05) is 10.8 Å². The number of allylic oxidation sites excluding steroid dienone is 4. The smallest absolute Gasteiger partial charge is 0.323 e. The molecule has 2 aromatic carbocycles. The van der Waals surface area contributed by atoms with Crippen LogP contribution in [-0.2, 0) is 29.3 Å². The van der Waals surface area contributed by atoms with Crippen LogP contribution >= 0.6 is 0 Å². The molecule has 0 radical (unpaired) electrons. The zero-order valence-corrected chi connectivity index (χ0v) is 19.0. The van der Waals surface area contributed by atoms with Crippen molar-refractivity contribution in [1.29, 1.82) is 0 Å². The van der Waals surface area contributed by atoms with E-state index >= 15 is 0 Å². The van der Waals surface area contributed by atoms with Crippen LogP contribution in [0.1, 0.15) is 18.4 Å². The number of hydrogen-bond donors (Lipinski definition) is 0. The van der Waals surface area contributed by atoms with Crippen LogP contribution in [0.15, 0.2) is 92.5 Å². The van der Waals surface area contributed by atoms with E-state index < -0.39 is 36.9 Å². The average molecular weight is 460 g/mol. The van der Waals surface area contributed by atoms with Gasteiger partial charge in [-0.1, -0.05) is 60.2 Å². The molecule has 0 saturated carbocycles. The van der Waals surface area contributed by atoms with Gasteiger partial charge in [-0.3, -0.25) is 4.79 Å². The number of sulfonamides is 1. The number of rotatable bonds is 6. The van der Waals surface area contributed by atoms with Crippen LogP contribution in [0, 0.1) is 12.8 Å². The van der Waals surface area contributed by atoms with Crippen LogP contribution in [0.4, 0.5) is 0 Å². The first-order valence-corrected chi connectivity index (χ1v) is 12.8. The van der Waals surface area contributed by atoms with Crippen molar-refractivity contribution in [2.24, 2.45) is 9.69 Å². The quantitative estimate of drug-likeness (QED) is 0.602. The molecule has 3 atom stereocenters. The van der Waals surface area contributed by atoms with E-state index in [0.717, 1.165) is 5.56 Å². The lowest BCUT2D eigenvalue weighted by atomic mass is 10.00. The zero-order valence-electron chi connectivity index (χ0n) is 17.4. The van der Waals surface area contributed by atoms with E-state index in [4.69, 9.17) is 4.74 Å². The third-order valence-electron chi connectivity index (χ3n) is 5.05. The Morgan fingerprint density at radius 2 is 1.68 bits per heavy atom. The van der Waals surface area contributed by atoms with Crippen molar-refractivity contribution in [3.05, 3.63) is 84.5 Å². The Kier molecular flexibility index (Phi) is 7.12. The fourth-order valence-corrected chi connectivity index (χ4v) is 8.03. The summed E-state index contributed by atoms with van der Waals surface area (Å²) in [6, 6.07) is 14.2. The van der Waals surface area contributed by atoms with Gasteiger partial charge in [-0.2, -0.15) is 8.42 Å². The molecule has 0 N–H and O–H groups in total. The molecule has 31 heavy (non-hydrogen) atoms. The third kappa shape index (κ3) is 5.14. The van der Waals surface area contributed by atoms with Gasteiger partial charge in [-0.25, -0.2) is 4.21 Å². The first kappa shape index (κ1) is 23.0. The Morgan fingerprint density at radius 1 is 1.00 bits per heavy atom. The topological polar surface area (TPSA) is 89.9 Å². The molecule has 6 nitrogen and oxygen atoms in total. The molecule has 0 spiro atoms. The van der Waals surface area contributed by atoms with Crippen LogP contribution in [0.25, 0.3) is 0 Å². The van der Waals surface area contributed by atoms with Gasteiger partial charge in [0.05, 0.1) is 12.0 Å². The maximum Gasteiger partial charge on any atom is 0.323 e. The van der Waals surface area contributed by atoms with Crippen molar-refractivity contribution in [2.45, 2.75) is 34.8 Å². The summed E-state index contributed by atoms with van der Waals surface area (Å²) < 4.78 is 49.7. The minimum absolute atomic E-state index is 0.0801. The van der Waals surface area contributed by atoms with Gasteiger partial charge in [0.15, 0.2) is 5.25 Å². The van der Waals surface area contributed by atoms with Crippen molar-refractivity contribution in [1.82, 2.24) is 0 Å². The number of methoxy groups -OCH3 is 1. The lowest BCUT2D eigenvalue weighted by Gasteiger charge is -2.25. The second-order valence-corrected chi connectivity index (χ2v) is 11.4. The molecule has 3 rings (SSSR count). The molecule has 2 aromatic rings. The van der Waals surface area contributed by atoms with Gasteiger partial charge >= 0.3 is 5.97 Å². The van der Waals surface area contributed by atoms with Crippen molar-refractivity contribution in [3.63, 3.8) is 0 Å². The number of carbonyl (C=O) groups is 1. The summed E-state index contributed by atoms with van der Waals surface area (Å²) in [6.07, 6.45) is 8.49. The molecule has 1 aliphatic rings. The molecule has 0 saturated heterocycles. The predicted molar refractivity (Wildman–Crippen MR) is 120 cm³/mol. The molecule has 1 aliphatic carbocycles. The summed E-state index contributed by atoms with van der Waals surface area (Å²) >= 11 is 0. The first-order chi connectivity index (χ1) is 14.8. The van der Waals surface area contributed by atoms with Gasteiger partial charge in [0.1, 0.15) is 9.73 Å². The highest BCUT2D eigenvalue weighted by Crippen LogP contribution is 2.32. The molecular formula is C23H25NO5S2. The fourth-order valence-electron chi connectivity index (χ4n) is 3.43. The largest absolute Gasteiger partial charge is 0.468 e. The Morgan fingerprint density at radius 3 is 2.32 bits per heavy atom. The van der Waals surface area contributed by atoms with Crippen molar-refractivity contribution < 1.29 is 22.2 Å². The van der Waals surface area contributed by atoms with Crippen LogP contribution in [0.3, 0.4) is 0 Å². The number of carbonyl (C=O) groups excluding carboxylic acids is 1. The standard InChI is InChI=1S/C23H25NO5S2/c1-18-14-16-21(17-15-18)31(27,28)24-30(26,20-12-8-5-9-13-20)22(23(25)29-2)19-10-6-3-4-7-11-19/h3-6,8-10,12-17,19,22H,7,11H2,1-2H3/t19-,22?,30+/m0/s1. The zero-order chi connectivity index (χ0) is 22.5. The van der Waals surface area contributed by atoms with Crippen molar-refractivity contribution in [2.75, 3.05) is 7.11 Å².